The van der Waals surface area contributed by atoms with Crippen LogP contribution in [0, 0.1) is 19.8 Å². The fourth-order valence-electron chi connectivity index (χ4n) is 4.03. The Bertz CT molecular complexity index is 1010. The molecule has 0 aliphatic carbocycles. The highest BCUT2D eigenvalue weighted by Gasteiger charge is 2.28. The summed E-state index contributed by atoms with van der Waals surface area (Å²) in [6, 6.07) is 7.22. The minimum absolute atomic E-state index is 0.0208. The van der Waals surface area contributed by atoms with Crippen LogP contribution in [0.25, 0.3) is 0 Å². The van der Waals surface area contributed by atoms with Crippen molar-refractivity contribution < 1.29 is 23.9 Å². The van der Waals surface area contributed by atoms with E-state index in [4.69, 9.17) is 9.47 Å². The monoisotopic (exact) mass is 442 g/mol. The Kier molecular flexibility index (Phi) is 6.27. The van der Waals surface area contributed by atoms with Gasteiger partial charge in [0.2, 0.25) is 18.6 Å². The van der Waals surface area contributed by atoms with Gasteiger partial charge in [-0.25, -0.2) is 0 Å². The molecule has 7 nitrogen and oxygen atoms in total. The maximum atomic E-state index is 12.6. The number of ketones is 1. The molecule has 2 amide bonds. The predicted octanol–water partition coefficient (Wildman–Crippen LogP) is 3.93. The third kappa shape index (κ3) is 4.90. The Labute approximate surface area is 185 Å². The summed E-state index contributed by atoms with van der Waals surface area (Å²) < 4.78 is 10.6. The molecule has 4 rings (SSSR count). The molecule has 0 bridgehead atoms. The van der Waals surface area contributed by atoms with Crippen molar-refractivity contribution in [2.24, 2.45) is 5.92 Å². The van der Waals surface area contributed by atoms with E-state index < -0.39 is 0 Å². The number of nitrogens with zero attached hydrogens (tertiary/aromatic N) is 1. The van der Waals surface area contributed by atoms with Gasteiger partial charge in [-0.2, -0.15) is 0 Å². The predicted molar refractivity (Wildman–Crippen MR) is 118 cm³/mol. The van der Waals surface area contributed by atoms with E-state index in [1.165, 1.54) is 0 Å². The number of thiophene rings is 1. The highest BCUT2D eigenvalue weighted by molar-refractivity contribution is 7.12. The van der Waals surface area contributed by atoms with Gasteiger partial charge in [0.15, 0.2) is 17.3 Å². The normalized spacial score (nSPS) is 15.7. The largest absolute Gasteiger partial charge is 0.454 e. The summed E-state index contributed by atoms with van der Waals surface area (Å²) in [6.45, 7) is 5.17. The summed E-state index contributed by atoms with van der Waals surface area (Å²) in [7, 11) is 0. The Morgan fingerprint density at radius 2 is 1.81 bits per heavy atom. The molecular formula is C23H26N2O5S. The number of carbonyl (C=O) groups excluding carboxylic acids is 3. The quantitative estimate of drug-likeness (QED) is 0.685. The van der Waals surface area contributed by atoms with E-state index in [1.807, 2.05) is 19.9 Å². The van der Waals surface area contributed by atoms with E-state index in [1.54, 1.807) is 34.4 Å². The minimum Gasteiger partial charge on any atom is -0.454 e. The number of aryl methyl sites for hydroxylation is 2. The van der Waals surface area contributed by atoms with Gasteiger partial charge >= 0.3 is 0 Å². The molecule has 1 fully saturated rings. The van der Waals surface area contributed by atoms with Gasteiger partial charge in [-0.1, -0.05) is 0 Å². The van der Waals surface area contributed by atoms with Gasteiger partial charge in [-0.15, -0.1) is 11.3 Å². The second kappa shape index (κ2) is 9.09. The average molecular weight is 443 g/mol. The molecule has 1 aromatic heterocycles. The first-order valence-corrected chi connectivity index (χ1v) is 11.3. The molecule has 2 aromatic rings. The van der Waals surface area contributed by atoms with Crippen molar-refractivity contribution >= 4 is 34.6 Å². The second-order valence-electron chi connectivity index (χ2n) is 7.96. The van der Waals surface area contributed by atoms with Crippen LogP contribution in [0.15, 0.2) is 24.3 Å². The van der Waals surface area contributed by atoms with Gasteiger partial charge < -0.3 is 19.7 Å². The zero-order valence-corrected chi connectivity index (χ0v) is 18.5. The molecule has 3 heterocycles. The molecule has 0 unspecified atom stereocenters. The van der Waals surface area contributed by atoms with Crippen molar-refractivity contribution in [3.63, 3.8) is 0 Å². The lowest BCUT2D eigenvalue weighted by Gasteiger charge is -2.31. The first-order chi connectivity index (χ1) is 14.9. The number of hydrogen-bond acceptors (Lipinski definition) is 6. The second-order valence-corrected chi connectivity index (χ2v) is 9.42. The van der Waals surface area contributed by atoms with Gasteiger partial charge in [0.25, 0.3) is 0 Å². The molecule has 0 atom stereocenters. The summed E-state index contributed by atoms with van der Waals surface area (Å²) >= 11 is 1.60. The third-order valence-electron chi connectivity index (χ3n) is 5.77. The molecule has 0 radical (unpaired) electrons. The van der Waals surface area contributed by atoms with Crippen molar-refractivity contribution in [2.75, 3.05) is 25.2 Å². The van der Waals surface area contributed by atoms with Crippen LogP contribution in [0.5, 0.6) is 11.5 Å². The maximum absolute atomic E-state index is 12.6. The zero-order valence-electron chi connectivity index (χ0n) is 17.7. The number of ether oxygens (including phenoxy) is 2. The number of amides is 2. The molecule has 0 spiro atoms. The third-order valence-corrected chi connectivity index (χ3v) is 6.73. The first kappa shape index (κ1) is 21.4. The molecule has 1 N–H and O–H groups in total. The van der Waals surface area contributed by atoms with Gasteiger partial charge in [0, 0.05) is 58.9 Å². The lowest BCUT2D eigenvalue weighted by Crippen LogP contribution is -2.41. The number of hydrogen-bond donors (Lipinski definition) is 1. The van der Waals surface area contributed by atoms with E-state index in [2.05, 4.69) is 5.32 Å². The number of rotatable bonds is 6. The smallest absolute Gasteiger partial charge is 0.231 e. The molecule has 164 valence electrons. The van der Waals surface area contributed by atoms with Crippen LogP contribution in [-0.4, -0.2) is 42.4 Å². The van der Waals surface area contributed by atoms with E-state index in [9.17, 15) is 14.4 Å². The standard InChI is InChI=1S/C23H26N2O5S/c1-14-11-18(15(2)31-14)19(26)4-6-22(27)25-9-7-16(8-10-25)23(28)24-17-3-5-20-21(12-17)30-13-29-20/h3,5,11-12,16H,4,6-10,13H2,1-2H3,(H,24,28). The summed E-state index contributed by atoms with van der Waals surface area (Å²) in [5.41, 5.74) is 1.40. The number of anilines is 1. The number of fused-ring (bicyclic) bond motifs is 1. The van der Waals surface area contributed by atoms with Gasteiger partial charge in [-0.3, -0.25) is 14.4 Å². The molecule has 2 aliphatic heterocycles. The summed E-state index contributed by atoms with van der Waals surface area (Å²) in [5, 5.41) is 2.93. The van der Waals surface area contributed by atoms with Crippen LogP contribution >= 0.6 is 11.3 Å². The fourth-order valence-corrected chi connectivity index (χ4v) is 4.97. The van der Waals surface area contributed by atoms with Crippen LogP contribution in [0.1, 0.15) is 45.8 Å². The summed E-state index contributed by atoms with van der Waals surface area (Å²) in [4.78, 5) is 41.5. The zero-order chi connectivity index (χ0) is 22.0. The van der Waals surface area contributed by atoms with Gasteiger partial charge in [0.1, 0.15) is 0 Å². The highest BCUT2D eigenvalue weighted by Crippen LogP contribution is 2.34. The van der Waals surface area contributed by atoms with Gasteiger partial charge in [-0.05, 0) is 44.9 Å². The van der Waals surface area contributed by atoms with Crippen LogP contribution in [-0.2, 0) is 9.59 Å². The number of benzene rings is 1. The molecule has 1 aromatic carbocycles. The SMILES string of the molecule is Cc1cc(C(=O)CCC(=O)N2CCC(C(=O)Nc3ccc4c(c3)OCO4)CC2)c(C)s1. The number of Topliss-reactive ketones (excluding diaryl/α,β-unsaturated/α-hetero) is 1. The number of nitrogens with one attached hydrogen (secondary N) is 1. The maximum Gasteiger partial charge on any atom is 0.231 e. The number of piperidine rings is 1. The van der Waals surface area contributed by atoms with Crippen molar-refractivity contribution in [3.05, 3.63) is 39.6 Å². The molecule has 0 saturated carbocycles. The molecule has 8 heteroatoms. The van der Waals surface area contributed by atoms with Crippen LogP contribution in [0.3, 0.4) is 0 Å². The van der Waals surface area contributed by atoms with Crippen LogP contribution < -0.4 is 14.8 Å². The average Bonchev–Trinajstić information content (AvgIpc) is 3.36. The van der Waals surface area contributed by atoms with Crippen molar-refractivity contribution in [1.82, 2.24) is 4.90 Å². The molecule has 2 aliphatic rings. The fraction of sp³-hybridized carbons (Fsp3) is 0.435. The summed E-state index contributed by atoms with van der Waals surface area (Å²) in [5.74, 6) is 1.10. The van der Waals surface area contributed by atoms with Crippen molar-refractivity contribution in [3.8, 4) is 11.5 Å². The lowest BCUT2D eigenvalue weighted by molar-refractivity contribution is -0.134. The number of carbonyl (C=O) groups is 3. The van der Waals surface area contributed by atoms with Crippen molar-refractivity contribution in [1.29, 1.82) is 0 Å². The minimum atomic E-state index is -0.146. The van der Waals surface area contributed by atoms with E-state index in [-0.39, 0.29) is 43.2 Å². The van der Waals surface area contributed by atoms with Crippen LogP contribution in [0.2, 0.25) is 0 Å². The van der Waals surface area contributed by atoms with E-state index in [0.717, 1.165) is 15.3 Å². The Hall–Kier alpha value is -2.87. The van der Waals surface area contributed by atoms with Crippen molar-refractivity contribution in [2.45, 2.75) is 39.5 Å². The van der Waals surface area contributed by atoms with E-state index in [0.29, 0.717) is 43.1 Å². The Morgan fingerprint density at radius 1 is 1.06 bits per heavy atom. The lowest BCUT2D eigenvalue weighted by atomic mass is 9.95. The Balaban J connectivity index is 1.23. The van der Waals surface area contributed by atoms with Crippen LogP contribution in [0.4, 0.5) is 5.69 Å². The molecule has 31 heavy (non-hydrogen) atoms. The highest BCUT2D eigenvalue weighted by atomic mass is 32.1. The molecular weight excluding hydrogens is 416 g/mol. The summed E-state index contributed by atoms with van der Waals surface area (Å²) in [6.07, 6.45) is 1.65. The first-order valence-electron chi connectivity index (χ1n) is 10.5. The molecule has 1 saturated heterocycles. The topological polar surface area (TPSA) is 84.9 Å². The van der Waals surface area contributed by atoms with Gasteiger partial charge in [0.05, 0.1) is 0 Å². The Morgan fingerprint density at radius 3 is 2.52 bits per heavy atom. The number of likely N-dealkylation sites (tertiary alicyclic amines) is 1. The van der Waals surface area contributed by atoms with E-state index >= 15 is 0 Å².